The van der Waals surface area contributed by atoms with Gasteiger partial charge in [0, 0.05) is 16.6 Å². The van der Waals surface area contributed by atoms with E-state index >= 15 is 0 Å². The first-order chi connectivity index (χ1) is 12.5. The van der Waals surface area contributed by atoms with Gasteiger partial charge < -0.3 is 14.2 Å². The minimum absolute atomic E-state index is 0.173. The van der Waals surface area contributed by atoms with Crippen LogP contribution in [0, 0.1) is 0 Å². The van der Waals surface area contributed by atoms with Crippen LogP contribution < -0.4 is 4.74 Å². The lowest BCUT2D eigenvalue weighted by molar-refractivity contribution is 0.0598. The van der Waals surface area contributed by atoms with E-state index in [-0.39, 0.29) is 16.9 Å². The van der Waals surface area contributed by atoms with Crippen molar-refractivity contribution < 1.29 is 23.8 Å². The number of fused-ring (bicyclic) bond motifs is 1. The van der Waals surface area contributed by atoms with Crippen LogP contribution in [0.3, 0.4) is 0 Å². The minimum atomic E-state index is -0.591. The second-order valence-corrected chi connectivity index (χ2v) is 5.74. The van der Waals surface area contributed by atoms with Crippen molar-refractivity contribution in [2.75, 3.05) is 14.2 Å². The number of pyridine rings is 1. The van der Waals surface area contributed by atoms with Crippen LogP contribution in [0.4, 0.5) is 0 Å². The molecule has 6 nitrogen and oxygen atoms in total. The maximum Gasteiger partial charge on any atom is 0.338 e. The van der Waals surface area contributed by atoms with E-state index in [1.54, 1.807) is 30.5 Å². The zero-order chi connectivity index (χ0) is 18.7. The van der Waals surface area contributed by atoms with Crippen molar-refractivity contribution in [2.45, 2.75) is 0 Å². The number of rotatable bonds is 4. The summed E-state index contributed by atoms with van der Waals surface area (Å²) >= 11 is 5.99. The van der Waals surface area contributed by atoms with Gasteiger partial charge >= 0.3 is 11.9 Å². The van der Waals surface area contributed by atoms with Crippen LogP contribution in [0.25, 0.3) is 10.9 Å². The number of aromatic nitrogens is 1. The molecule has 26 heavy (non-hydrogen) atoms. The molecule has 0 N–H and O–H groups in total. The highest BCUT2D eigenvalue weighted by molar-refractivity contribution is 6.31. The Morgan fingerprint density at radius 2 is 1.58 bits per heavy atom. The van der Waals surface area contributed by atoms with Crippen molar-refractivity contribution in [3.05, 3.63) is 64.8 Å². The molecule has 0 saturated heterocycles. The van der Waals surface area contributed by atoms with Gasteiger partial charge in [0.1, 0.15) is 11.5 Å². The van der Waals surface area contributed by atoms with E-state index in [1.165, 1.54) is 32.4 Å². The molecule has 0 atom stereocenters. The molecule has 0 radical (unpaired) electrons. The monoisotopic (exact) mass is 371 g/mol. The van der Waals surface area contributed by atoms with Crippen LogP contribution >= 0.6 is 11.6 Å². The van der Waals surface area contributed by atoms with Crippen LogP contribution in [-0.2, 0) is 9.47 Å². The molecule has 0 aliphatic rings. The van der Waals surface area contributed by atoms with Crippen LogP contribution in [-0.4, -0.2) is 31.1 Å². The van der Waals surface area contributed by atoms with E-state index in [4.69, 9.17) is 25.8 Å². The summed E-state index contributed by atoms with van der Waals surface area (Å²) in [6.07, 6.45) is 1.58. The Kier molecular flexibility index (Phi) is 5.04. The van der Waals surface area contributed by atoms with E-state index in [0.29, 0.717) is 16.3 Å². The lowest BCUT2D eigenvalue weighted by Gasteiger charge is -2.11. The molecule has 0 aliphatic carbocycles. The van der Waals surface area contributed by atoms with Gasteiger partial charge in [-0.2, -0.15) is 0 Å². The highest BCUT2D eigenvalue weighted by atomic mass is 35.5. The number of methoxy groups -OCH3 is 2. The van der Waals surface area contributed by atoms with Crippen molar-refractivity contribution in [1.29, 1.82) is 0 Å². The van der Waals surface area contributed by atoms with Crippen LogP contribution in [0.15, 0.2) is 48.7 Å². The van der Waals surface area contributed by atoms with Crippen LogP contribution in [0.5, 0.6) is 11.5 Å². The first-order valence-corrected chi connectivity index (χ1v) is 7.93. The van der Waals surface area contributed by atoms with Gasteiger partial charge in [0.15, 0.2) is 0 Å². The van der Waals surface area contributed by atoms with Gasteiger partial charge in [-0.3, -0.25) is 4.98 Å². The van der Waals surface area contributed by atoms with Crippen molar-refractivity contribution in [3.8, 4) is 11.5 Å². The summed E-state index contributed by atoms with van der Waals surface area (Å²) in [6.45, 7) is 0. The van der Waals surface area contributed by atoms with Crippen LogP contribution in [0.2, 0.25) is 5.02 Å². The van der Waals surface area contributed by atoms with E-state index in [9.17, 15) is 9.59 Å². The lowest BCUT2D eigenvalue weighted by atomic mass is 10.1. The molecular weight excluding hydrogens is 358 g/mol. The number of hydrogen-bond acceptors (Lipinski definition) is 6. The summed E-state index contributed by atoms with van der Waals surface area (Å²) in [5.74, 6) is -0.390. The SMILES string of the molecule is COC(=O)c1cc(Oc2ccnc3cc(Cl)ccc23)cc(C(=O)OC)c1. The third-order valence-electron chi connectivity index (χ3n) is 3.64. The van der Waals surface area contributed by atoms with Gasteiger partial charge in [0.2, 0.25) is 0 Å². The molecule has 2 aromatic carbocycles. The fourth-order valence-electron chi connectivity index (χ4n) is 2.44. The molecule has 0 saturated carbocycles. The molecule has 3 aromatic rings. The summed E-state index contributed by atoms with van der Waals surface area (Å²) in [6, 6.07) is 11.3. The van der Waals surface area contributed by atoms with E-state index in [2.05, 4.69) is 4.98 Å². The Morgan fingerprint density at radius 3 is 2.19 bits per heavy atom. The summed E-state index contributed by atoms with van der Waals surface area (Å²) in [5, 5.41) is 1.29. The number of nitrogens with zero attached hydrogens (tertiary/aromatic N) is 1. The van der Waals surface area contributed by atoms with Crippen molar-refractivity contribution in [1.82, 2.24) is 4.98 Å². The molecule has 0 aliphatic heterocycles. The molecule has 132 valence electrons. The van der Waals surface area contributed by atoms with E-state index < -0.39 is 11.9 Å². The van der Waals surface area contributed by atoms with Gasteiger partial charge in [0.05, 0.1) is 30.9 Å². The molecule has 3 rings (SSSR count). The van der Waals surface area contributed by atoms with Crippen molar-refractivity contribution in [3.63, 3.8) is 0 Å². The Bertz CT molecular complexity index is 968. The number of halogens is 1. The normalized spacial score (nSPS) is 10.4. The number of ether oxygens (including phenoxy) is 3. The lowest BCUT2D eigenvalue weighted by Crippen LogP contribution is -2.07. The summed E-state index contributed by atoms with van der Waals surface area (Å²) in [4.78, 5) is 28.0. The fraction of sp³-hybridized carbons (Fsp3) is 0.105. The number of benzene rings is 2. The van der Waals surface area contributed by atoms with Crippen molar-refractivity contribution in [2.24, 2.45) is 0 Å². The fourth-order valence-corrected chi connectivity index (χ4v) is 2.61. The minimum Gasteiger partial charge on any atom is -0.465 e. The number of carbonyl (C=O) groups is 2. The number of esters is 2. The Morgan fingerprint density at radius 1 is 0.923 bits per heavy atom. The van der Waals surface area contributed by atoms with E-state index in [1.807, 2.05) is 0 Å². The molecule has 7 heteroatoms. The summed E-state index contributed by atoms with van der Waals surface area (Å²) < 4.78 is 15.3. The Labute approximate surface area is 154 Å². The quantitative estimate of drug-likeness (QED) is 0.638. The van der Waals surface area contributed by atoms with Gasteiger partial charge in [-0.05, 0) is 42.5 Å². The Balaban J connectivity index is 2.07. The highest BCUT2D eigenvalue weighted by Crippen LogP contribution is 2.31. The zero-order valence-electron chi connectivity index (χ0n) is 14.0. The maximum absolute atomic E-state index is 11.9. The maximum atomic E-state index is 11.9. The molecule has 1 aromatic heterocycles. The van der Waals surface area contributed by atoms with Gasteiger partial charge in [0.25, 0.3) is 0 Å². The largest absolute Gasteiger partial charge is 0.465 e. The first kappa shape index (κ1) is 17.7. The van der Waals surface area contributed by atoms with Gasteiger partial charge in [-0.15, -0.1) is 0 Å². The van der Waals surface area contributed by atoms with Crippen LogP contribution in [0.1, 0.15) is 20.7 Å². The average Bonchev–Trinajstić information content (AvgIpc) is 2.66. The first-order valence-electron chi connectivity index (χ1n) is 7.55. The molecule has 0 amide bonds. The van der Waals surface area contributed by atoms with Gasteiger partial charge in [-0.25, -0.2) is 9.59 Å². The molecule has 0 spiro atoms. The van der Waals surface area contributed by atoms with Crippen molar-refractivity contribution >= 4 is 34.4 Å². The number of hydrogen-bond donors (Lipinski definition) is 0. The second-order valence-electron chi connectivity index (χ2n) is 5.30. The predicted octanol–water partition coefficient (Wildman–Crippen LogP) is 4.25. The number of carbonyl (C=O) groups excluding carboxylic acids is 2. The second kappa shape index (κ2) is 7.41. The molecule has 0 bridgehead atoms. The molecule has 0 fully saturated rings. The summed E-state index contributed by atoms with van der Waals surface area (Å²) in [5.41, 5.74) is 1.01. The smallest absolute Gasteiger partial charge is 0.338 e. The highest BCUT2D eigenvalue weighted by Gasteiger charge is 2.15. The predicted molar refractivity (Wildman–Crippen MR) is 95.9 cm³/mol. The molecule has 0 unspecified atom stereocenters. The molecular formula is C19H14ClNO5. The summed E-state index contributed by atoms with van der Waals surface area (Å²) in [7, 11) is 2.52. The Hall–Kier alpha value is -3.12. The molecule has 1 heterocycles. The van der Waals surface area contributed by atoms with Gasteiger partial charge in [-0.1, -0.05) is 11.6 Å². The topological polar surface area (TPSA) is 74.7 Å². The van der Waals surface area contributed by atoms with E-state index in [0.717, 1.165) is 5.39 Å². The average molecular weight is 372 g/mol. The third kappa shape index (κ3) is 3.60. The zero-order valence-corrected chi connectivity index (χ0v) is 14.7. The standard InChI is InChI=1S/C19H14ClNO5/c1-24-18(22)11-7-12(19(23)25-2)9-14(8-11)26-17-5-6-21-16-10-13(20)3-4-15(16)17/h3-10H,1-2H3. The third-order valence-corrected chi connectivity index (χ3v) is 3.88.